The van der Waals surface area contributed by atoms with E-state index in [1.807, 2.05) is 16.8 Å². The summed E-state index contributed by atoms with van der Waals surface area (Å²) in [7, 11) is 0. The van der Waals surface area contributed by atoms with E-state index in [4.69, 9.17) is 14.7 Å². The number of hydrogen-bond acceptors (Lipinski definition) is 9. The first kappa shape index (κ1) is 23.6. The van der Waals surface area contributed by atoms with Crippen LogP contribution in [-0.2, 0) is 11.3 Å². The molecule has 0 unspecified atom stereocenters. The Kier molecular flexibility index (Phi) is 6.98. The Balaban J connectivity index is 1.21. The number of piperazine rings is 1. The third kappa shape index (κ3) is 5.02. The van der Waals surface area contributed by atoms with E-state index in [1.165, 1.54) is 32.1 Å². The van der Waals surface area contributed by atoms with Gasteiger partial charge in [-0.1, -0.05) is 36.6 Å². The molecule has 0 atom stereocenters. The van der Waals surface area contributed by atoms with Gasteiger partial charge >= 0.3 is 0 Å². The van der Waals surface area contributed by atoms with Crippen LogP contribution in [-0.4, -0.2) is 105 Å². The van der Waals surface area contributed by atoms with Gasteiger partial charge in [0.05, 0.1) is 19.8 Å². The molecule has 0 radical (unpaired) electrons. The van der Waals surface area contributed by atoms with Crippen molar-refractivity contribution in [2.45, 2.75) is 44.7 Å². The molecule has 0 bridgehead atoms. The molecule has 4 heterocycles. The average Bonchev–Trinajstić information content (AvgIpc) is 3.35. The topological polar surface area (TPSA) is 95.7 Å². The molecule has 192 valence electrons. The molecule has 0 spiro atoms. The van der Waals surface area contributed by atoms with Crippen LogP contribution >= 0.6 is 0 Å². The van der Waals surface area contributed by atoms with Crippen molar-refractivity contribution in [3.63, 3.8) is 0 Å². The molecule has 2 aromatic heterocycles. The zero-order chi connectivity index (χ0) is 24.3. The number of fused-ring (bicyclic) bond motifs is 1. The number of phenols is 1. The molecule has 3 fully saturated rings. The molecule has 10 heteroatoms. The fourth-order valence-electron chi connectivity index (χ4n) is 5.80. The van der Waals surface area contributed by atoms with Crippen LogP contribution in [0.2, 0.25) is 0 Å². The van der Waals surface area contributed by atoms with Crippen LogP contribution in [0.25, 0.3) is 22.6 Å². The van der Waals surface area contributed by atoms with Gasteiger partial charge in [-0.3, -0.25) is 9.80 Å². The van der Waals surface area contributed by atoms with E-state index in [1.54, 1.807) is 12.1 Å². The van der Waals surface area contributed by atoms with E-state index in [2.05, 4.69) is 25.0 Å². The van der Waals surface area contributed by atoms with Gasteiger partial charge in [-0.15, -0.1) is 5.10 Å². The molecule has 3 aromatic rings. The summed E-state index contributed by atoms with van der Waals surface area (Å²) in [6, 6.07) is 7.89. The Labute approximate surface area is 211 Å². The van der Waals surface area contributed by atoms with Gasteiger partial charge in [-0.2, -0.15) is 0 Å². The maximum Gasteiger partial charge on any atom is 0.184 e. The summed E-state index contributed by atoms with van der Waals surface area (Å²) in [6.45, 7) is 9.02. The Morgan fingerprint density at radius 3 is 2.50 bits per heavy atom. The predicted octanol–water partition coefficient (Wildman–Crippen LogP) is 2.38. The number of ether oxygens (including phenoxy) is 1. The SMILES string of the molecule is Oc1cccc(-c2nc(N3CCOCC3)c3nnn(CCN4CCN(C5CCCCC5)CC4)c3n2)c1. The molecule has 36 heavy (non-hydrogen) atoms. The second-order valence-electron chi connectivity index (χ2n) is 10.2. The Morgan fingerprint density at radius 2 is 1.72 bits per heavy atom. The Morgan fingerprint density at radius 1 is 0.917 bits per heavy atom. The smallest absolute Gasteiger partial charge is 0.184 e. The number of anilines is 1. The number of nitrogens with zero attached hydrogens (tertiary/aromatic N) is 8. The van der Waals surface area contributed by atoms with Crippen molar-refractivity contribution in [3.05, 3.63) is 24.3 Å². The average molecular weight is 493 g/mol. The summed E-state index contributed by atoms with van der Waals surface area (Å²) in [5.41, 5.74) is 2.24. The van der Waals surface area contributed by atoms with Crippen molar-refractivity contribution in [2.24, 2.45) is 0 Å². The van der Waals surface area contributed by atoms with Crippen LogP contribution in [0.4, 0.5) is 5.82 Å². The minimum Gasteiger partial charge on any atom is -0.508 e. The lowest BCUT2D eigenvalue weighted by atomic mass is 9.94. The zero-order valence-corrected chi connectivity index (χ0v) is 20.9. The second kappa shape index (κ2) is 10.7. The van der Waals surface area contributed by atoms with Gasteiger partial charge in [0.1, 0.15) is 5.75 Å². The van der Waals surface area contributed by atoms with Crippen molar-refractivity contribution in [1.82, 2.24) is 34.8 Å². The third-order valence-corrected chi connectivity index (χ3v) is 7.89. The zero-order valence-electron chi connectivity index (χ0n) is 20.9. The van der Waals surface area contributed by atoms with Crippen LogP contribution in [0.3, 0.4) is 0 Å². The quantitative estimate of drug-likeness (QED) is 0.556. The summed E-state index contributed by atoms with van der Waals surface area (Å²) in [5.74, 6) is 1.56. The highest BCUT2D eigenvalue weighted by Gasteiger charge is 2.26. The molecule has 1 aromatic carbocycles. The highest BCUT2D eigenvalue weighted by atomic mass is 16.5. The Bertz CT molecular complexity index is 1160. The number of benzene rings is 1. The summed E-state index contributed by atoms with van der Waals surface area (Å²) in [5, 5.41) is 19.0. The van der Waals surface area contributed by atoms with E-state index in [0.717, 1.165) is 80.9 Å². The van der Waals surface area contributed by atoms with E-state index in [-0.39, 0.29) is 5.75 Å². The van der Waals surface area contributed by atoms with Crippen LogP contribution in [0.5, 0.6) is 5.75 Å². The predicted molar refractivity (Wildman–Crippen MR) is 138 cm³/mol. The normalized spacial score (nSPS) is 20.8. The summed E-state index contributed by atoms with van der Waals surface area (Å²) >= 11 is 0. The van der Waals surface area contributed by atoms with E-state index < -0.39 is 0 Å². The van der Waals surface area contributed by atoms with Gasteiger partial charge < -0.3 is 14.7 Å². The summed E-state index contributed by atoms with van der Waals surface area (Å²) in [4.78, 5) is 17.2. The molecular formula is C26H36N8O2. The number of hydrogen-bond donors (Lipinski definition) is 1. The van der Waals surface area contributed by atoms with Crippen LogP contribution in [0.15, 0.2) is 24.3 Å². The largest absolute Gasteiger partial charge is 0.508 e. The fourth-order valence-corrected chi connectivity index (χ4v) is 5.80. The van der Waals surface area contributed by atoms with Gasteiger partial charge in [0, 0.05) is 57.4 Å². The second-order valence-corrected chi connectivity index (χ2v) is 10.2. The monoisotopic (exact) mass is 492 g/mol. The van der Waals surface area contributed by atoms with Gasteiger partial charge in [0.25, 0.3) is 0 Å². The highest BCUT2D eigenvalue weighted by Crippen LogP contribution is 2.28. The molecule has 2 saturated heterocycles. The van der Waals surface area contributed by atoms with E-state index >= 15 is 0 Å². The molecule has 2 aliphatic heterocycles. The van der Waals surface area contributed by atoms with Gasteiger partial charge in [0.2, 0.25) is 0 Å². The minimum atomic E-state index is 0.197. The van der Waals surface area contributed by atoms with E-state index in [9.17, 15) is 5.11 Å². The van der Waals surface area contributed by atoms with E-state index in [0.29, 0.717) is 19.0 Å². The van der Waals surface area contributed by atoms with Crippen molar-refractivity contribution >= 4 is 17.0 Å². The number of phenolic OH excluding ortho intramolecular Hbond substituents is 1. The lowest BCUT2D eigenvalue weighted by molar-refractivity contribution is 0.0769. The molecule has 10 nitrogen and oxygen atoms in total. The highest BCUT2D eigenvalue weighted by molar-refractivity contribution is 5.85. The summed E-state index contributed by atoms with van der Waals surface area (Å²) in [6.07, 6.45) is 6.94. The standard InChI is InChI=1S/C26H36N8O2/c35-22-8-4-5-20(19-22)24-27-25(33-15-17-36-18-16-33)23-26(28-24)34(30-29-23)14-11-31-9-12-32(13-10-31)21-6-2-1-3-7-21/h4-5,8,19,21,35H,1-3,6-7,9-18H2. The Hall–Kier alpha value is -2.82. The molecular weight excluding hydrogens is 456 g/mol. The van der Waals surface area contributed by atoms with Gasteiger partial charge in [0.15, 0.2) is 22.8 Å². The maximum atomic E-state index is 10.0. The first-order valence-corrected chi connectivity index (χ1v) is 13.4. The minimum absolute atomic E-state index is 0.197. The molecule has 1 N–H and O–H groups in total. The van der Waals surface area contributed by atoms with Crippen molar-refractivity contribution in [3.8, 4) is 17.1 Å². The van der Waals surface area contributed by atoms with Crippen LogP contribution in [0, 0.1) is 0 Å². The van der Waals surface area contributed by atoms with Crippen molar-refractivity contribution in [2.75, 3.05) is 63.9 Å². The summed E-state index contributed by atoms with van der Waals surface area (Å²) < 4.78 is 7.47. The first-order chi connectivity index (χ1) is 17.7. The molecule has 6 rings (SSSR count). The van der Waals surface area contributed by atoms with Gasteiger partial charge in [-0.25, -0.2) is 14.6 Å². The number of morpholine rings is 1. The molecule has 3 aliphatic rings. The van der Waals surface area contributed by atoms with Gasteiger partial charge in [-0.05, 0) is 25.0 Å². The van der Waals surface area contributed by atoms with Crippen molar-refractivity contribution in [1.29, 1.82) is 0 Å². The van der Waals surface area contributed by atoms with Crippen LogP contribution < -0.4 is 4.90 Å². The number of aromatic hydroxyl groups is 1. The third-order valence-electron chi connectivity index (χ3n) is 7.89. The lowest BCUT2D eigenvalue weighted by Crippen LogP contribution is -2.51. The maximum absolute atomic E-state index is 10.0. The van der Waals surface area contributed by atoms with Crippen LogP contribution in [0.1, 0.15) is 32.1 Å². The molecule has 1 aliphatic carbocycles. The lowest BCUT2D eigenvalue weighted by Gasteiger charge is -2.40. The van der Waals surface area contributed by atoms with Crippen molar-refractivity contribution < 1.29 is 9.84 Å². The molecule has 1 saturated carbocycles. The number of aromatic nitrogens is 5. The fraction of sp³-hybridized carbons (Fsp3) is 0.615. The first-order valence-electron chi connectivity index (χ1n) is 13.4. The molecule has 0 amide bonds. The number of rotatable bonds is 6.